The van der Waals surface area contributed by atoms with E-state index in [1.807, 2.05) is 30.3 Å². The molecule has 0 bridgehead atoms. The molecule has 0 radical (unpaired) electrons. The topological polar surface area (TPSA) is 65.3 Å². The molecule has 0 spiro atoms. The van der Waals surface area contributed by atoms with Gasteiger partial charge in [-0.3, -0.25) is 4.90 Å². The molecule has 1 aliphatic heterocycles. The Balaban J connectivity index is 0.00000182. The van der Waals surface area contributed by atoms with Gasteiger partial charge in [0.1, 0.15) is 5.75 Å². The van der Waals surface area contributed by atoms with Gasteiger partial charge >= 0.3 is 0 Å². The molecule has 132 valence electrons. The van der Waals surface area contributed by atoms with Gasteiger partial charge in [-0.25, -0.2) is 0 Å². The fraction of sp³-hybridized carbons (Fsp3) is 0.263. The molecule has 2 aromatic carbocycles. The summed E-state index contributed by atoms with van der Waals surface area (Å²) in [6, 6.07) is 13.5. The molecule has 0 saturated carbocycles. The second kappa shape index (κ2) is 7.26. The molecule has 0 amide bonds. The van der Waals surface area contributed by atoms with Crippen LogP contribution in [0.15, 0.2) is 42.5 Å². The van der Waals surface area contributed by atoms with Crippen molar-refractivity contribution in [1.82, 2.24) is 9.88 Å². The second-order valence-corrected chi connectivity index (χ2v) is 6.72. The Morgan fingerprint density at radius 3 is 2.84 bits per heavy atom. The van der Waals surface area contributed by atoms with Crippen molar-refractivity contribution in [2.24, 2.45) is 5.73 Å². The third-order valence-corrected chi connectivity index (χ3v) is 5.03. The molecule has 4 nitrogen and oxygen atoms in total. The fourth-order valence-electron chi connectivity index (χ4n) is 3.79. The maximum atomic E-state index is 9.91. The summed E-state index contributed by atoms with van der Waals surface area (Å²) in [5, 5.41) is 11.9. The van der Waals surface area contributed by atoms with Crippen molar-refractivity contribution in [3.05, 3.63) is 64.3 Å². The SMILES string of the molecule is Cl.NCCN1CCc2c([nH]c3ccc(Cl)cc23)C1c1cccc(O)c1. The van der Waals surface area contributed by atoms with Crippen LogP contribution in [0.1, 0.15) is 22.9 Å². The second-order valence-electron chi connectivity index (χ2n) is 6.28. The Morgan fingerprint density at radius 2 is 2.08 bits per heavy atom. The first kappa shape index (κ1) is 18.1. The van der Waals surface area contributed by atoms with Crippen LogP contribution in [0.5, 0.6) is 5.75 Å². The van der Waals surface area contributed by atoms with Crippen molar-refractivity contribution in [3.63, 3.8) is 0 Å². The first-order valence-electron chi connectivity index (χ1n) is 8.20. The minimum Gasteiger partial charge on any atom is -0.508 e. The van der Waals surface area contributed by atoms with E-state index in [-0.39, 0.29) is 24.2 Å². The molecular formula is C19H21Cl2N3O. The predicted molar refractivity (Wildman–Crippen MR) is 105 cm³/mol. The third kappa shape index (κ3) is 3.23. The molecule has 1 aromatic heterocycles. The molecule has 4 rings (SSSR count). The number of aromatic amines is 1. The Kier molecular flexibility index (Phi) is 5.25. The van der Waals surface area contributed by atoms with E-state index in [0.717, 1.165) is 35.6 Å². The number of hydrogen-bond acceptors (Lipinski definition) is 3. The Labute approximate surface area is 158 Å². The van der Waals surface area contributed by atoms with Crippen molar-refractivity contribution < 1.29 is 5.11 Å². The van der Waals surface area contributed by atoms with Gasteiger partial charge in [-0.15, -0.1) is 12.4 Å². The number of fused-ring (bicyclic) bond motifs is 3. The molecule has 0 saturated heterocycles. The molecule has 4 N–H and O–H groups in total. The van der Waals surface area contributed by atoms with Crippen LogP contribution in [0.4, 0.5) is 0 Å². The van der Waals surface area contributed by atoms with Gasteiger partial charge in [0.25, 0.3) is 0 Å². The van der Waals surface area contributed by atoms with E-state index in [9.17, 15) is 5.11 Å². The highest BCUT2D eigenvalue weighted by molar-refractivity contribution is 6.31. The number of H-pyrrole nitrogens is 1. The van der Waals surface area contributed by atoms with Crippen LogP contribution in [0, 0.1) is 0 Å². The fourth-order valence-corrected chi connectivity index (χ4v) is 3.96. The highest BCUT2D eigenvalue weighted by Crippen LogP contribution is 2.39. The molecule has 25 heavy (non-hydrogen) atoms. The molecule has 1 unspecified atom stereocenters. The van der Waals surface area contributed by atoms with Crippen molar-refractivity contribution >= 4 is 34.9 Å². The number of phenolic OH excluding ortho intramolecular Hbond substituents is 1. The molecule has 1 aliphatic rings. The number of nitrogens with two attached hydrogens (primary N) is 1. The van der Waals surface area contributed by atoms with Gasteiger partial charge in [-0.1, -0.05) is 23.7 Å². The molecule has 3 aromatic rings. The number of halogens is 2. The smallest absolute Gasteiger partial charge is 0.115 e. The van der Waals surface area contributed by atoms with Crippen molar-refractivity contribution in [3.8, 4) is 5.75 Å². The van der Waals surface area contributed by atoms with Crippen LogP contribution in [-0.2, 0) is 6.42 Å². The predicted octanol–water partition coefficient (Wildman–Crippen LogP) is 3.85. The summed E-state index contributed by atoms with van der Waals surface area (Å²) in [6.45, 7) is 2.36. The normalized spacial score (nSPS) is 17.3. The lowest BCUT2D eigenvalue weighted by Crippen LogP contribution is -2.39. The Hall–Kier alpha value is -1.72. The number of aromatic nitrogens is 1. The first-order valence-corrected chi connectivity index (χ1v) is 8.58. The highest BCUT2D eigenvalue weighted by atomic mass is 35.5. The number of nitrogens with zero attached hydrogens (tertiary/aromatic N) is 1. The van der Waals surface area contributed by atoms with Crippen molar-refractivity contribution in [1.29, 1.82) is 0 Å². The van der Waals surface area contributed by atoms with Crippen molar-refractivity contribution in [2.75, 3.05) is 19.6 Å². The summed E-state index contributed by atoms with van der Waals surface area (Å²) >= 11 is 6.20. The lowest BCUT2D eigenvalue weighted by atomic mass is 9.92. The van der Waals surface area contributed by atoms with E-state index >= 15 is 0 Å². The van der Waals surface area contributed by atoms with Crippen LogP contribution in [0.25, 0.3) is 10.9 Å². The maximum Gasteiger partial charge on any atom is 0.115 e. The van der Waals surface area contributed by atoms with Gasteiger partial charge in [0.05, 0.1) is 6.04 Å². The van der Waals surface area contributed by atoms with Crippen LogP contribution >= 0.6 is 24.0 Å². The van der Waals surface area contributed by atoms with Gasteiger partial charge in [-0.2, -0.15) is 0 Å². The largest absolute Gasteiger partial charge is 0.508 e. The van der Waals surface area contributed by atoms with Crippen LogP contribution in [0.3, 0.4) is 0 Å². The van der Waals surface area contributed by atoms with Gasteiger partial charge in [0.15, 0.2) is 0 Å². The number of phenols is 1. The van der Waals surface area contributed by atoms with E-state index in [1.165, 1.54) is 16.6 Å². The van der Waals surface area contributed by atoms with Gasteiger partial charge in [0, 0.05) is 41.3 Å². The lowest BCUT2D eigenvalue weighted by molar-refractivity contribution is 0.217. The summed E-state index contributed by atoms with van der Waals surface area (Å²) in [6.07, 6.45) is 0.963. The van der Waals surface area contributed by atoms with Crippen molar-refractivity contribution in [2.45, 2.75) is 12.5 Å². The van der Waals surface area contributed by atoms with E-state index in [4.69, 9.17) is 17.3 Å². The van der Waals surface area contributed by atoms with E-state index in [2.05, 4.69) is 16.0 Å². The molecule has 6 heteroatoms. The molecule has 0 aliphatic carbocycles. The summed E-state index contributed by atoms with van der Waals surface area (Å²) in [5.74, 6) is 0.284. The van der Waals surface area contributed by atoms with Crippen LogP contribution < -0.4 is 5.73 Å². The Morgan fingerprint density at radius 1 is 1.24 bits per heavy atom. The third-order valence-electron chi connectivity index (χ3n) is 4.79. The zero-order valence-electron chi connectivity index (χ0n) is 13.7. The van der Waals surface area contributed by atoms with E-state index in [1.54, 1.807) is 6.07 Å². The average Bonchev–Trinajstić information content (AvgIpc) is 2.92. The summed E-state index contributed by atoms with van der Waals surface area (Å²) in [7, 11) is 0. The number of rotatable bonds is 3. The summed E-state index contributed by atoms with van der Waals surface area (Å²) in [4.78, 5) is 5.95. The van der Waals surface area contributed by atoms with Gasteiger partial charge in [-0.05, 0) is 47.9 Å². The van der Waals surface area contributed by atoms with E-state index in [0.29, 0.717) is 6.54 Å². The minimum absolute atomic E-state index is 0. The average molecular weight is 378 g/mol. The van der Waals surface area contributed by atoms with Crippen LogP contribution in [0.2, 0.25) is 5.02 Å². The molecular weight excluding hydrogens is 357 g/mol. The maximum absolute atomic E-state index is 9.91. The van der Waals surface area contributed by atoms with E-state index < -0.39 is 0 Å². The molecule has 1 atom stereocenters. The summed E-state index contributed by atoms with van der Waals surface area (Å²) in [5.41, 5.74) is 10.5. The summed E-state index contributed by atoms with van der Waals surface area (Å²) < 4.78 is 0. The van der Waals surface area contributed by atoms with Gasteiger partial charge in [0.2, 0.25) is 0 Å². The number of hydrogen-bond donors (Lipinski definition) is 3. The van der Waals surface area contributed by atoms with Crippen LogP contribution in [-0.4, -0.2) is 34.6 Å². The zero-order chi connectivity index (χ0) is 16.7. The highest BCUT2D eigenvalue weighted by Gasteiger charge is 2.31. The lowest BCUT2D eigenvalue weighted by Gasteiger charge is -2.36. The quantitative estimate of drug-likeness (QED) is 0.649. The Bertz CT molecular complexity index is 894. The van der Waals surface area contributed by atoms with Gasteiger partial charge < -0.3 is 15.8 Å². The first-order chi connectivity index (χ1) is 11.7. The zero-order valence-corrected chi connectivity index (χ0v) is 15.3. The number of benzene rings is 2. The standard InChI is InChI=1S/C19H20ClN3O.ClH/c20-13-4-5-17-16(11-13)15-6-8-23(9-7-21)19(18(15)22-17)12-2-1-3-14(24)10-12;/h1-5,10-11,19,22,24H,6-9,21H2;1H. The molecule has 2 heterocycles. The number of nitrogens with one attached hydrogen (secondary N) is 1. The number of aromatic hydroxyl groups is 1. The monoisotopic (exact) mass is 377 g/mol. The molecule has 0 fully saturated rings. The minimum atomic E-state index is 0.